The lowest BCUT2D eigenvalue weighted by atomic mass is 10.0. The molecule has 0 aliphatic carbocycles. The van der Waals surface area contributed by atoms with E-state index in [0.29, 0.717) is 18.2 Å². The van der Waals surface area contributed by atoms with E-state index in [4.69, 9.17) is 16.3 Å². The maximum Gasteiger partial charge on any atom is 0.364 e. The molecule has 1 heterocycles. The third-order valence-electron chi connectivity index (χ3n) is 3.76. The van der Waals surface area contributed by atoms with Crippen molar-refractivity contribution in [3.63, 3.8) is 0 Å². The van der Waals surface area contributed by atoms with Gasteiger partial charge in [-0.05, 0) is 38.0 Å². The van der Waals surface area contributed by atoms with E-state index in [9.17, 15) is 9.90 Å². The number of benzene rings is 1. The Balaban J connectivity index is 2.12. The Kier molecular flexibility index (Phi) is 5.26. The number of quaternary nitrogens is 1. The van der Waals surface area contributed by atoms with E-state index in [0.717, 1.165) is 36.3 Å². The Labute approximate surface area is 124 Å². The second-order valence-electron chi connectivity index (χ2n) is 5.16. The highest BCUT2D eigenvalue weighted by atomic mass is 35.5. The molecule has 2 N–H and O–H groups in total. The highest BCUT2D eigenvalue weighted by Gasteiger charge is 2.34. The van der Waals surface area contributed by atoms with Crippen LogP contribution in [0, 0.1) is 0 Å². The minimum atomic E-state index is -0.137. The molecule has 1 aliphatic rings. The molecule has 1 unspecified atom stereocenters. The number of phenols is 1. The van der Waals surface area contributed by atoms with E-state index in [1.807, 2.05) is 6.92 Å². The maximum atomic E-state index is 12.0. The van der Waals surface area contributed by atoms with E-state index in [1.165, 1.54) is 0 Å². The third kappa shape index (κ3) is 3.64. The van der Waals surface area contributed by atoms with Gasteiger partial charge in [0, 0.05) is 17.0 Å². The van der Waals surface area contributed by atoms with Crippen LogP contribution in [-0.2, 0) is 16.1 Å². The van der Waals surface area contributed by atoms with Crippen LogP contribution in [-0.4, -0.2) is 30.3 Å². The van der Waals surface area contributed by atoms with Gasteiger partial charge in [0.1, 0.15) is 12.3 Å². The van der Waals surface area contributed by atoms with Crippen LogP contribution in [0.15, 0.2) is 18.2 Å². The minimum Gasteiger partial charge on any atom is -0.507 e. The summed E-state index contributed by atoms with van der Waals surface area (Å²) in [6, 6.07) is 4.89. The molecule has 0 saturated carbocycles. The molecule has 1 saturated heterocycles. The molecular formula is C15H21ClNO3+. The van der Waals surface area contributed by atoms with Gasteiger partial charge in [-0.3, -0.25) is 0 Å². The van der Waals surface area contributed by atoms with Gasteiger partial charge in [0.2, 0.25) is 0 Å². The molecule has 5 heteroatoms. The number of likely N-dealkylation sites (tertiary alicyclic amines) is 1. The lowest BCUT2D eigenvalue weighted by molar-refractivity contribution is -0.935. The number of carbonyl (C=O) groups is 1. The second kappa shape index (κ2) is 6.95. The van der Waals surface area contributed by atoms with Crippen molar-refractivity contribution in [2.24, 2.45) is 0 Å². The van der Waals surface area contributed by atoms with Crippen LogP contribution in [0.4, 0.5) is 0 Å². The molecule has 4 nitrogen and oxygen atoms in total. The molecule has 1 fully saturated rings. The molecule has 1 aliphatic heterocycles. The summed E-state index contributed by atoms with van der Waals surface area (Å²) in [6.07, 6.45) is 2.98. The van der Waals surface area contributed by atoms with Gasteiger partial charge < -0.3 is 14.7 Å². The van der Waals surface area contributed by atoms with Gasteiger partial charge in [0.05, 0.1) is 13.2 Å². The van der Waals surface area contributed by atoms with Crippen LogP contribution in [0.1, 0.15) is 31.7 Å². The number of piperidine rings is 1. The summed E-state index contributed by atoms with van der Waals surface area (Å²) >= 11 is 5.97. The summed E-state index contributed by atoms with van der Waals surface area (Å²) in [4.78, 5) is 13.2. The number of carbonyl (C=O) groups excluding carboxylic acids is 1. The van der Waals surface area contributed by atoms with Gasteiger partial charge >= 0.3 is 5.97 Å². The van der Waals surface area contributed by atoms with E-state index in [1.54, 1.807) is 18.2 Å². The van der Waals surface area contributed by atoms with Crippen LogP contribution >= 0.6 is 11.6 Å². The molecule has 0 spiro atoms. The normalized spacial score (nSPS) is 22.5. The van der Waals surface area contributed by atoms with Crippen molar-refractivity contribution in [1.29, 1.82) is 0 Å². The molecule has 2 rings (SSSR count). The molecule has 1 aromatic rings. The van der Waals surface area contributed by atoms with Crippen molar-refractivity contribution < 1.29 is 19.5 Å². The molecule has 0 aromatic heterocycles. The molecule has 1 aromatic carbocycles. The molecule has 2 atom stereocenters. The number of halogens is 1. The molecule has 110 valence electrons. The van der Waals surface area contributed by atoms with Gasteiger partial charge in [-0.2, -0.15) is 0 Å². The fourth-order valence-corrected chi connectivity index (χ4v) is 2.95. The van der Waals surface area contributed by atoms with E-state index >= 15 is 0 Å². The molecule has 20 heavy (non-hydrogen) atoms. The lowest BCUT2D eigenvalue weighted by Gasteiger charge is -2.31. The molecular weight excluding hydrogens is 278 g/mol. The minimum absolute atomic E-state index is 0.135. The predicted molar refractivity (Wildman–Crippen MR) is 76.9 cm³/mol. The standard InChI is InChI=1S/C15H20ClNO3/c1-2-20-15(19)13-5-3-4-8-17(13)10-11-9-12(16)6-7-14(11)18/h6-7,9,13,18H,2-5,8,10H2,1H3/p+1/t13-/m1/s1. The lowest BCUT2D eigenvalue weighted by Crippen LogP contribution is -3.16. The Morgan fingerprint density at radius 3 is 3.05 bits per heavy atom. The van der Waals surface area contributed by atoms with Crippen LogP contribution in [0.25, 0.3) is 0 Å². The highest BCUT2D eigenvalue weighted by Crippen LogP contribution is 2.21. The Morgan fingerprint density at radius 2 is 2.30 bits per heavy atom. The smallest absolute Gasteiger partial charge is 0.364 e. The van der Waals surface area contributed by atoms with Crippen LogP contribution in [0.5, 0.6) is 5.75 Å². The summed E-state index contributed by atoms with van der Waals surface area (Å²) in [5.74, 6) is 0.0961. The number of aromatic hydroxyl groups is 1. The summed E-state index contributed by atoms with van der Waals surface area (Å²) in [5, 5.41) is 10.5. The van der Waals surface area contributed by atoms with Gasteiger partial charge in [-0.1, -0.05) is 11.6 Å². The fourth-order valence-electron chi connectivity index (χ4n) is 2.76. The van der Waals surface area contributed by atoms with Gasteiger partial charge in [-0.25, -0.2) is 4.79 Å². The average Bonchev–Trinajstić information content (AvgIpc) is 2.44. The van der Waals surface area contributed by atoms with Crippen LogP contribution in [0.3, 0.4) is 0 Å². The highest BCUT2D eigenvalue weighted by molar-refractivity contribution is 6.30. The van der Waals surface area contributed by atoms with Gasteiger partial charge in [0.25, 0.3) is 0 Å². The zero-order valence-electron chi connectivity index (χ0n) is 11.7. The molecule has 0 radical (unpaired) electrons. The molecule has 0 amide bonds. The van der Waals surface area contributed by atoms with E-state index in [-0.39, 0.29) is 17.8 Å². The zero-order chi connectivity index (χ0) is 14.5. The van der Waals surface area contributed by atoms with E-state index < -0.39 is 0 Å². The quantitative estimate of drug-likeness (QED) is 0.829. The number of hydrogen-bond acceptors (Lipinski definition) is 3. The van der Waals surface area contributed by atoms with E-state index in [2.05, 4.69) is 0 Å². The second-order valence-corrected chi connectivity index (χ2v) is 5.59. The van der Waals surface area contributed by atoms with Crippen molar-refractivity contribution in [3.05, 3.63) is 28.8 Å². The van der Waals surface area contributed by atoms with Crippen molar-refractivity contribution in [3.8, 4) is 5.75 Å². The summed E-state index contributed by atoms with van der Waals surface area (Å²) < 4.78 is 5.15. The Hall–Kier alpha value is -1.26. The monoisotopic (exact) mass is 298 g/mol. The first-order valence-corrected chi connectivity index (χ1v) is 7.48. The third-order valence-corrected chi connectivity index (χ3v) is 4.00. The van der Waals surface area contributed by atoms with Crippen molar-refractivity contribution in [1.82, 2.24) is 0 Å². The van der Waals surface area contributed by atoms with Crippen molar-refractivity contribution >= 4 is 17.6 Å². The number of hydrogen-bond donors (Lipinski definition) is 2. The first kappa shape index (κ1) is 15.1. The zero-order valence-corrected chi connectivity index (χ0v) is 12.4. The van der Waals surface area contributed by atoms with Gasteiger partial charge in [-0.15, -0.1) is 0 Å². The average molecular weight is 299 g/mol. The Morgan fingerprint density at radius 1 is 1.50 bits per heavy atom. The first-order chi connectivity index (χ1) is 9.61. The SMILES string of the molecule is CCOC(=O)[C@H]1CCCC[NH+]1Cc1cc(Cl)ccc1O. The summed E-state index contributed by atoms with van der Waals surface area (Å²) in [5.41, 5.74) is 0.781. The Bertz CT molecular complexity index is 478. The number of ether oxygens (including phenoxy) is 1. The van der Waals surface area contributed by atoms with Gasteiger partial charge in [0.15, 0.2) is 6.04 Å². The maximum absolute atomic E-state index is 12.0. The number of esters is 1. The summed E-state index contributed by atoms with van der Waals surface area (Å²) in [6.45, 7) is 3.74. The van der Waals surface area contributed by atoms with Crippen molar-refractivity contribution in [2.75, 3.05) is 13.2 Å². The number of nitrogens with one attached hydrogen (secondary N) is 1. The predicted octanol–water partition coefficient (Wildman–Crippen LogP) is 1.55. The number of phenolic OH excluding ortho intramolecular Hbond substituents is 1. The largest absolute Gasteiger partial charge is 0.507 e. The first-order valence-electron chi connectivity index (χ1n) is 7.10. The number of rotatable bonds is 4. The van der Waals surface area contributed by atoms with Crippen LogP contribution in [0.2, 0.25) is 5.02 Å². The summed E-state index contributed by atoms with van der Waals surface area (Å²) in [7, 11) is 0. The molecule has 0 bridgehead atoms. The topological polar surface area (TPSA) is 51.0 Å². The fraction of sp³-hybridized carbons (Fsp3) is 0.533. The van der Waals surface area contributed by atoms with Crippen molar-refractivity contribution in [2.45, 2.75) is 38.8 Å². The van der Waals surface area contributed by atoms with Crippen LogP contribution < -0.4 is 4.90 Å².